The number of rotatable bonds is 6. The summed E-state index contributed by atoms with van der Waals surface area (Å²) >= 11 is 0. The Kier molecular flexibility index (Phi) is 5.75. The van der Waals surface area contributed by atoms with E-state index in [1.54, 1.807) is 12.1 Å². The Morgan fingerprint density at radius 2 is 1.81 bits per heavy atom. The van der Waals surface area contributed by atoms with Crippen LogP contribution in [-0.4, -0.2) is 30.1 Å². The largest absolute Gasteiger partial charge is 0.396 e. The first-order valence-corrected chi connectivity index (χ1v) is 7.46. The van der Waals surface area contributed by atoms with Gasteiger partial charge < -0.3 is 15.7 Å². The summed E-state index contributed by atoms with van der Waals surface area (Å²) in [6.45, 7) is 0.118. The number of aliphatic hydroxyl groups is 1. The van der Waals surface area contributed by atoms with Crippen LogP contribution in [0.1, 0.15) is 31.2 Å². The van der Waals surface area contributed by atoms with Crippen LogP contribution < -0.4 is 10.6 Å². The van der Waals surface area contributed by atoms with Crippen molar-refractivity contribution < 1.29 is 14.7 Å². The van der Waals surface area contributed by atoms with E-state index in [9.17, 15) is 9.59 Å². The van der Waals surface area contributed by atoms with Crippen molar-refractivity contribution in [1.82, 2.24) is 5.32 Å². The normalized spacial score (nSPS) is 14.9. The molecule has 1 aromatic carbocycles. The van der Waals surface area contributed by atoms with Crippen LogP contribution in [0.15, 0.2) is 24.3 Å². The number of carbonyl (C=O) groups excluding carboxylic acids is 2. The third-order valence-corrected chi connectivity index (χ3v) is 3.79. The van der Waals surface area contributed by atoms with Gasteiger partial charge >= 0.3 is 0 Å². The number of amides is 2. The molecule has 0 radical (unpaired) electrons. The maximum atomic E-state index is 11.8. The molecule has 5 nitrogen and oxygen atoms in total. The van der Waals surface area contributed by atoms with Gasteiger partial charge in [-0.3, -0.25) is 9.59 Å². The number of nitrogens with one attached hydrogen (secondary N) is 2. The molecule has 114 valence electrons. The fourth-order valence-corrected chi connectivity index (χ4v) is 2.59. The Morgan fingerprint density at radius 1 is 1.14 bits per heavy atom. The molecule has 0 heterocycles. The lowest BCUT2D eigenvalue weighted by molar-refractivity contribution is -0.127. The summed E-state index contributed by atoms with van der Waals surface area (Å²) in [5, 5.41) is 14.3. The molecule has 0 unspecified atom stereocenters. The highest BCUT2D eigenvalue weighted by atomic mass is 16.3. The molecule has 0 aliphatic heterocycles. The Balaban J connectivity index is 1.74. The standard InChI is InChI=1S/C16H22N2O3/c19-10-9-12-5-7-14(8-6-12)18-15(20)11-17-16(21)13-3-1-2-4-13/h5-8,13,19H,1-4,9-11H2,(H,17,21)(H,18,20). The first-order chi connectivity index (χ1) is 10.2. The maximum Gasteiger partial charge on any atom is 0.243 e. The van der Waals surface area contributed by atoms with Gasteiger partial charge in [-0.25, -0.2) is 0 Å². The summed E-state index contributed by atoms with van der Waals surface area (Å²) in [5.74, 6) is -0.159. The second-order valence-electron chi connectivity index (χ2n) is 5.42. The van der Waals surface area contributed by atoms with Crippen molar-refractivity contribution in [3.8, 4) is 0 Å². The van der Waals surface area contributed by atoms with Crippen molar-refractivity contribution in [2.24, 2.45) is 5.92 Å². The van der Waals surface area contributed by atoms with Gasteiger partial charge in [0, 0.05) is 18.2 Å². The van der Waals surface area contributed by atoms with Gasteiger partial charge in [0.2, 0.25) is 11.8 Å². The smallest absolute Gasteiger partial charge is 0.243 e. The first-order valence-electron chi connectivity index (χ1n) is 7.46. The van der Waals surface area contributed by atoms with Gasteiger partial charge in [0.05, 0.1) is 6.54 Å². The van der Waals surface area contributed by atoms with Gasteiger partial charge in [-0.2, -0.15) is 0 Å². The quantitative estimate of drug-likeness (QED) is 0.742. The van der Waals surface area contributed by atoms with Crippen LogP contribution in [0.2, 0.25) is 0 Å². The minimum absolute atomic E-state index is 0.00766. The van der Waals surface area contributed by atoms with Gasteiger partial charge in [0.1, 0.15) is 0 Å². The monoisotopic (exact) mass is 290 g/mol. The van der Waals surface area contributed by atoms with Gasteiger partial charge in [-0.05, 0) is 37.0 Å². The van der Waals surface area contributed by atoms with Gasteiger partial charge in [0.15, 0.2) is 0 Å². The van der Waals surface area contributed by atoms with Crippen LogP contribution >= 0.6 is 0 Å². The van der Waals surface area contributed by atoms with Crippen LogP contribution in [0.4, 0.5) is 5.69 Å². The Hall–Kier alpha value is -1.88. The maximum absolute atomic E-state index is 11.8. The second-order valence-corrected chi connectivity index (χ2v) is 5.42. The molecule has 1 aliphatic carbocycles. The molecule has 2 amide bonds. The van der Waals surface area contributed by atoms with Gasteiger partial charge in [-0.15, -0.1) is 0 Å². The summed E-state index contributed by atoms with van der Waals surface area (Å²) < 4.78 is 0. The number of anilines is 1. The average molecular weight is 290 g/mol. The fraction of sp³-hybridized carbons (Fsp3) is 0.500. The topological polar surface area (TPSA) is 78.4 Å². The summed E-state index contributed by atoms with van der Waals surface area (Å²) in [7, 11) is 0. The van der Waals surface area contributed by atoms with Crippen LogP contribution in [0.3, 0.4) is 0 Å². The molecule has 0 spiro atoms. The summed E-state index contributed by atoms with van der Waals surface area (Å²) in [4.78, 5) is 23.6. The zero-order chi connectivity index (χ0) is 15.1. The molecule has 5 heteroatoms. The zero-order valence-corrected chi connectivity index (χ0v) is 12.1. The molecule has 3 N–H and O–H groups in total. The Labute approximate surface area is 124 Å². The highest BCUT2D eigenvalue weighted by Gasteiger charge is 2.22. The molecule has 21 heavy (non-hydrogen) atoms. The van der Waals surface area contributed by atoms with Crippen LogP contribution in [0.5, 0.6) is 0 Å². The summed E-state index contributed by atoms with van der Waals surface area (Å²) in [5.41, 5.74) is 1.71. The SMILES string of the molecule is O=C(CNC(=O)C1CCCC1)Nc1ccc(CCO)cc1. The van der Waals surface area contributed by atoms with Crippen LogP contribution in [0.25, 0.3) is 0 Å². The molecule has 1 fully saturated rings. The minimum atomic E-state index is -0.226. The predicted octanol–water partition coefficient (Wildman–Crippen LogP) is 1.47. The van der Waals surface area contributed by atoms with Gasteiger partial charge in [-0.1, -0.05) is 25.0 Å². The van der Waals surface area contributed by atoms with E-state index in [1.807, 2.05) is 12.1 Å². The Bertz CT molecular complexity index is 479. The highest BCUT2D eigenvalue weighted by molar-refractivity contribution is 5.94. The molecule has 0 aromatic heterocycles. The minimum Gasteiger partial charge on any atom is -0.396 e. The molecule has 0 atom stereocenters. The molecule has 0 bridgehead atoms. The predicted molar refractivity (Wildman–Crippen MR) is 80.8 cm³/mol. The molecule has 0 saturated heterocycles. The van der Waals surface area contributed by atoms with E-state index in [-0.39, 0.29) is 30.9 Å². The van der Waals surface area contributed by atoms with Crippen LogP contribution in [-0.2, 0) is 16.0 Å². The average Bonchev–Trinajstić information content (AvgIpc) is 3.01. The number of hydrogen-bond acceptors (Lipinski definition) is 3. The Morgan fingerprint density at radius 3 is 2.43 bits per heavy atom. The van der Waals surface area contributed by atoms with Crippen molar-refractivity contribution in [2.45, 2.75) is 32.1 Å². The van der Waals surface area contributed by atoms with Crippen molar-refractivity contribution in [3.05, 3.63) is 29.8 Å². The number of benzene rings is 1. The van der Waals surface area contributed by atoms with E-state index in [2.05, 4.69) is 10.6 Å². The van der Waals surface area contributed by atoms with E-state index in [1.165, 1.54) is 0 Å². The third kappa shape index (κ3) is 4.86. The van der Waals surface area contributed by atoms with Gasteiger partial charge in [0.25, 0.3) is 0 Å². The van der Waals surface area contributed by atoms with Crippen molar-refractivity contribution in [1.29, 1.82) is 0 Å². The fourth-order valence-electron chi connectivity index (χ4n) is 2.59. The molecule has 2 rings (SSSR count). The number of carbonyl (C=O) groups is 2. The lowest BCUT2D eigenvalue weighted by Gasteiger charge is -2.10. The highest BCUT2D eigenvalue weighted by Crippen LogP contribution is 2.24. The van der Waals surface area contributed by atoms with E-state index < -0.39 is 0 Å². The molecule has 1 saturated carbocycles. The van der Waals surface area contributed by atoms with Crippen LogP contribution in [0, 0.1) is 5.92 Å². The summed E-state index contributed by atoms with van der Waals surface area (Å²) in [6, 6.07) is 7.31. The lowest BCUT2D eigenvalue weighted by Crippen LogP contribution is -2.36. The molecule has 1 aromatic rings. The lowest BCUT2D eigenvalue weighted by atomic mass is 10.1. The van der Waals surface area contributed by atoms with Crippen molar-refractivity contribution in [2.75, 3.05) is 18.5 Å². The van der Waals surface area contributed by atoms with Crippen molar-refractivity contribution in [3.63, 3.8) is 0 Å². The van der Waals surface area contributed by atoms with E-state index in [4.69, 9.17) is 5.11 Å². The van der Waals surface area contributed by atoms with E-state index in [0.717, 1.165) is 31.2 Å². The number of aliphatic hydroxyl groups excluding tert-OH is 1. The van der Waals surface area contributed by atoms with E-state index >= 15 is 0 Å². The molecule has 1 aliphatic rings. The first kappa shape index (κ1) is 15.5. The molecular formula is C16H22N2O3. The van der Waals surface area contributed by atoms with Crippen molar-refractivity contribution >= 4 is 17.5 Å². The van der Waals surface area contributed by atoms with E-state index in [0.29, 0.717) is 12.1 Å². The molecular weight excluding hydrogens is 268 g/mol. The number of hydrogen-bond donors (Lipinski definition) is 3. The zero-order valence-electron chi connectivity index (χ0n) is 12.1. The third-order valence-electron chi connectivity index (χ3n) is 3.79. The second kappa shape index (κ2) is 7.78. The summed E-state index contributed by atoms with van der Waals surface area (Å²) in [6.07, 6.45) is 4.67.